The fraction of sp³-hybridized carbons (Fsp3) is 0.667. The molecule has 3 aliphatic rings. The van der Waals surface area contributed by atoms with Gasteiger partial charge in [-0.25, -0.2) is 4.79 Å². The van der Waals surface area contributed by atoms with Gasteiger partial charge >= 0.3 is 11.9 Å². The van der Waals surface area contributed by atoms with Crippen LogP contribution in [0.3, 0.4) is 0 Å². The Hall–Kier alpha value is -3.97. The summed E-state index contributed by atoms with van der Waals surface area (Å²) >= 11 is 0. The van der Waals surface area contributed by atoms with Crippen LogP contribution >= 0.6 is 0 Å². The van der Waals surface area contributed by atoms with Crippen LogP contribution in [0.25, 0.3) is 0 Å². The molecule has 20 heteroatoms. The molecule has 0 radical (unpaired) electrons. The van der Waals surface area contributed by atoms with Crippen LogP contribution in [-0.4, -0.2) is 180 Å². The number of esters is 2. The number of nitrogens with one attached hydrogen (secondary N) is 1. The summed E-state index contributed by atoms with van der Waals surface area (Å²) in [5, 5.41) is 112. The standard InChI is InChI=1S/C51H80N2O18/c1-29-19-17-15-13-11-9-7-8-10-12-14-16-18-20-37(70-50-47(63)44(52)46(62)33(5)69-50)26-41-43(48(64)53-31(3)49(65)67-6)40(59)28-51(66,71-41)27-39(58)38(57)22-21-34(54)23-35(55)24-36(56)25-42(60)68-32(4)30(2)45(29)61/h7-20,29-41,43-47,50,54-59,61-63,66H,21-28,52H2,1-6H3,(H,53,64)/b8-7+,11-9+,12-10+,15-13+,16-14+,19-17+,20-18+/t29-,30-,31?,32-,33+,34?,35?,36?,37-,38+,39+,40-,41-,43+,44-,45+,46+,47-,50?,51+/m0/s1. The first-order valence-corrected chi connectivity index (χ1v) is 24.3. The molecular weight excluding hydrogens is 929 g/mol. The Labute approximate surface area is 416 Å². The van der Waals surface area contributed by atoms with Crippen molar-refractivity contribution in [2.45, 2.75) is 189 Å². The zero-order valence-electron chi connectivity index (χ0n) is 41.5. The molecule has 1 amide bonds. The van der Waals surface area contributed by atoms with Gasteiger partial charge < -0.3 is 85.8 Å². The molecule has 13 N–H and O–H groups in total. The van der Waals surface area contributed by atoms with E-state index in [2.05, 4.69) is 5.32 Å². The van der Waals surface area contributed by atoms with Crippen LogP contribution < -0.4 is 11.1 Å². The molecule has 3 rings (SSSR count). The van der Waals surface area contributed by atoms with Crippen molar-refractivity contribution in [1.29, 1.82) is 0 Å². The van der Waals surface area contributed by atoms with Crippen LogP contribution in [0.5, 0.6) is 0 Å². The summed E-state index contributed by atoms with van der Waals surface area (Å²) in [7, 11) is 1.13. The maximum absolute atomic E-state index is 13.8. The van der Waals surface area contributed by atoms with Gasteiger partial charge in [-0.15, -0.1) is 0 Å². The lowest BCUT2D eigenvalue weighted by Crippen LogP contribution is -2.62. The minimum atomic E-state index is -2.39. The second-order valence-corrected chi connectivity index (χ2v) is 19.0. The number of amides is 1. The van der Waals surface area contributed by atoms with E-state index in [9.17, 15) is 65.4 Å². The molecule has 2 saturated heterocycles. The molecule has 0 saturated carbocycles. The van der Waals surface area contributed by atoms with Gasteiger partial charge in [0, 0.05) is 31.1 Å². The van der Waals surface area contributed by atoms with Crippen molar-refractivity contribution in [3.8, 4) is 0 Å². The summed E-state index contributed by atoms with van der Waals surface area (Å²) in [5.41, 5.74) is 6.09. The summed E-state index contributed by atoms with van der Waals surface area (Å²) in [6.07, 6.45) is 3.29. The first-order chi connectivity index (χ1) is 33.5. The Kier molecular flexibility index (Phi) is 26.2. The molecule has 71 heavy (non-hydrogen) atoms. The zero-order valence-corrected chi connectivity index (χ0v) is 41.5. The lowest BCUT2D eigenvalue weighted by Gasteiger charge is -2.46. The van der Waals surface area contributed by atoms with Gasteiger partial charge in [0.1, 0.15) is 18.2 Å². The molecule has 5 unspecified atom stereocenters. The maximum atomic E-state index is 13.8. The predicted molar refractivity (Wildman–Crippen MR) is 259 cm³/mol. The number of carbonyl (C=O) groups excluding carboxylic acids is 3. The molecule has 2 bridgehead atoms. The van der Waals surface area contributed by atoms with E-state index in [-0.39, 0.29) is 38.0 Å². The molecule has 0 aromatic carbocycles. The highest BCUT2D eigenvalue weighted by atomic mass is 16.7. The van der Waals surface area contributed by atoms with E-state index >= 15 is 0 Å². The average Bonchev–Trinajstić information content (AvgIpc) is 3.29. The van der Waals surface area contributed by atoms with Crippen LogP contribution in [0.4, 0.5) is 0 Å². The number of ether oxygens (including phenoxy) is 5. The normalized spacial score (nSPS) is 43.0. The minimum absolute atomic E-state index is 0.155. The summed E-state index contributed by atoms with van der Waals surface area (Å²) in [6.45, 7) is 8.10. The third-order valence-corrected chi connectivity index (χ3v) is 13.0. The Morgan fingerprint density at radius 2 is 1.25 bits per heavy atom. The highest BCUT2D eigenvalue weighted by Crippen LogP contribution is 2.38. The number of cyclic esters (lactones) is 1. The van der Waals surface area contributed by atoms with Gasteiger partial charge in [-0.05, 0) is 46.5 Å². The van der Waals surface area contributed by atoms with Gasteiger partial charge in [0.2, 0.25) is 5.91 Å². The van der Waals surface area contributed by atoms with Gasteiger partial charge in [0.15, 0.2) is 12.1 Å². The molecule has 402 valence electrons. The van der Waals surface area contributed by atoms with Crippen molar-refractivity contribution < 1.29 is 89.1 Å². The van der Waals surface area contributed by atoms with Crippen LogP contribution in [0.1, 0.15) is 86.0 Å². The van der Waals surface area contributed by atoms with Gasteiger partial charge in [-0.2, -0.15) is 0 Å². The number of fused-ring (bicyclic) bond motifs is 2. The molecule has 20 atom stereocenters. The molecule has 20 nitrogen and oxygen atoms in total. The molecule has 0 aromatic heterocycles. The van der Waals surface area contributed by atoms with E-state index in [0.29, 0.717) is 0 Å². The van der Waals surface area contributed by atoms with E-state index in [1.807, 2.05) is 13.0 Å². The Morgan fingerprint density at radius 1 is 0.704 bits per heavy atom. The van der Waals surface area contributed by atoms with E-state index in [0.717, 1.165) is 7.11 Å². The number of aliphatic hydroxyl groups is 10. The number of allylic oxidation sites excluding steroid dienone is 12. The Morgan fingerprint density at radius 3 is 1.85 bits per heavy atom. The van der Waals surface area contributed by atoms with E-state index in [4.69, 9.17) is 29.4 Å². The molecule has 3 aliphatic heterocycles. The Balaban J connectivity index is 1.95. The molecule has 0 aliphatic carbocycles. The highest BCUT2D eigenvalue weighted by molar-refractivity contribution is 5.86. The third kappa shape index (κ3) is 20.5. The lowest BCUT2D eigenvalue weighted by atomic mass is 9.82. The van der Waals surface area contributed by atoms with Crippen LogP contribution in [0.2, 0.25) is 0 Å². The Bertz CT molecular complexity index is 1860. The SMILES string of the molecule is COC(=O)C(C)NC(=O)[C@H]1[C@@H]2C[C@@H](OC3O[C@H](C)[C@@H](O)[C@H](N)[C@@H]3O)/C=C/C=C/C=C/C=C/C=C/C=C/C=C/[C@H](C)[C@@H](O)[C@@H](C)[C@H](C)OC(=O)CC(O)CC(O)CC(O)CC[C@@H](O)[C@H](O)C[C@](O)(C[C@@H]1O)O2. The van der Waals surface area contributed by atoms with E-state index in [1.54, 1.807) is 86.8 Å². The number of nitrogens with two attached hydrogens (primary N) is 1. The lowest BCUT2D eigenvalue weighted by molar-refractivity contribution is -0.308. The smallest absolute Gasteiger partial charge is 0.328 e. The van der Waals surface area contributed by atoms with Crippen molar-refractivity contribution in [2.24, 2.45) is 23.5 Å². The van der Waals surface area contributed by atoms with Gasteiger partial charge in [0.25, 0.3) is 0 Å². The summed E-state index contributed by atoms with van der Waals surface area (Å²) in [6, 6.07) is -2.34. The zero-order chi connectivity index (χ0) is 53.0. The second-order valence-electron chi connectivity index (χ2n) is 19.0. The van der Waals surface area contributed by atoms with Crippen molar-refractivity contribution >= 4 is 17.8 Å². The maximum Gasteiger partial charge on any atom is 0.328 e. The van der Waals surface area contributed by atoms with Crippen LogP contribution in [0, 0.1) is 17.8 Å². The second kappa shape index (κ2) is 30.3. The highest BCUT2D eigenvalue weighted by Gasteiger charge is 2.51. The quantitative estimate of drug-likeness (QED) is 0.165. The minimum Gasteiger partial charge on any atom is -0.467 e. The fourth-order valence-corrected chi connectivity index (χ4v) is 8.52. The molecular formula is C51H80N2O18. The number of hydrogen-bond acceptors (Lipinski definition) is 19. The van der Waals surface area contributed by atoms with E-state index < -0.39 is 152 Å². The molecule has 3 heterocycles. The summed E-state index contributed by atoms with van der Waals surface area (Å²) in [4.78, 5) is 38.8. The monoisotopic (exact) mass is 1010 g/mol. The first kappa shape index (κ1) is 61.3. The summed E-state index contributed by atoms with van der Waals surface area (Å²) < 4.78 is 28.3. The van der Waals surface area contributed by atoms with Crippen molar-refractivity contribution in [3.05, 3.63) is 85.1 Å². The molecule has 2 fully saturated rings. The number of aliphatic hydroxyl groups excluding tert-OH is 9. The summed E-state index contributed by atoms with van der Waals surface area (Å²) in [5.74, 6) is -7.01. The van der Waals surface area contributed by atoms with Gasteiger partial charge in [-0.3, -0.25) is 9.59 Å². The predicted octanol–water partition coefficient (Wildman–Crippen LogP) is 0.305. The number of hydrogen-bond donors (Lipinski definition) is 12. The van der Waals surface area contributed by atoms with Gasteiger partial charge in [0.05, 0.1) is 92.6 Å². The largest absolute Gasteiger partial charge is 0.467 e. The third-order valence-electron chi connectivity index (χ3n) is 13.0. The average molecular weight is 1010 g/mol. The number of methoxy groups -OCH3 is 1. The van der Waals surface area contributed by atoms with Crippen LogP contribution in [0.15, 0.2) is 85.1 Å². The van der Waals surface area contributed by atoms with Crippen molar-refractivity contribution in [3.63, 3.8) is 0 Å². The number of rotatable bonds is 5. The molecule has 0 aromatic rings. The van der Waals surface area contributed by atoms with Crippen molar-refractivity contribution in [1.82, 2.24) is 5.32 Å². The molecule has 0 spiro atoms. The number of carbonyl (C=O) groups is 3. The first-order valence-electron chi connectivity index (χ1n) is 24.3. The fourth-order valence-electron chi connectivity index (χ4n) is 8.52. The van der Waals surface area contributed by atoms with Crippen molar-refractivity contribution in [2.75, 3.05) is 7.11 Å². The topological polar surface area (TPSA) is 338 Å². The van der Waals surface area contributed by atoms with E-state index in [1.165, 1.54) is 19.9 Å². The van der Waals surface area contributed by atoms with Gasteiger partial charge in [-0.1, -0.05) is 98.9 Å². The van der Waals surface area contributed by atoms with Crippen LogP contribution in [-0.2, 0) is 38.1 Å².